The van der Waals surface area contributed by atoms with Crippen LogP contribution in [0.3, 0.4) is 0 Å². The van der Waals surface area contributed by atoms with Crippen LogP contribution in [-0.4, -0.2) is 15.8 Å². The number of ether oxygens (including phenoxy) is 1. The second-order valence-electron chi connectivity index (χ2n) is 3.58. The van der Waals surface area contributed by atoms with Crippen LogP contribution in [0.1, 0.15) is 11.4 Å². The summed E-state index contributed by atoms with van der Waals surface area (Å²) < 4.78 is 5.58. The average molecular weight is 263 g/mol. The summed E-state index contributed by atoms with van der Waals surface area (Å²) in [6.45, 7) is 1.73. The summed E-state index contributed by atoms with van der Waals surface area (Å²) in [6.07, 6.45) is 1.46. The molecule has 0 radical (unpaired) electrons. The van der Waals surface area contributed by atoms with E-state index in [1.54, 1.807) is 31.2 Å². The molecule has 2 aromatic rings. The van der Waals surface area contributed by atoms with Gasteiger partial charge in [0.25, 0.3) is 0 Å². The Hall–Kier alpha value is -2.14. The minimum Gasteiger partial charge on any atom is -0.437 e. The van der Waals surface area contributed by atoms with Crippen molar-refractivity contribution in [2.24, 2.45) is 5.73 Å². The van der Waals surface area contributed by atoms with Crippen LogP contribution in [0.5, 0.6) is 11.6 Å². The molecule has 2 rings (SSSR count). The molecular weight excluding hydrogens is 252 g/mol. The molecule has 0 bridgehead atoms. The van der Waals surface area contributed by atoms with Crippen LogP contribution in [0.25, 0.3) is 0 Å². The van der Waals surface area contributed by atoms with Gasteiger partial charge in [0.2, 0.25) is 5.88 Å². The first-order valence-electron chi connectivity index (χ1n) is 5.18. The first-order valence-corrected chi connectivity index (χ1v) is 5.56. The predicted octanol–water partition coefficient (Wildman–Crippen LogP) is 2.51. The van der Waals surface area contributed by atoms with Crippen molar-refractivity contribution >= 4 is 17.4 Å². The predicted molar refractivity (Wildman–Crippen MR) is 69.3 cm³/mol. The molecule has 6 heteroatoms. The molecule has 0 unspecified atom stereocenters. The largest absolute Gasteiger partial charge is 0.437 e. The van der Waals surface area contributed by atoms with E-state index in [-0.39, 0.29) is 11.7 Å². The number of halogens is 1. The summed E-state index contributed by atoms with van der Waals surface area (Å²) in [7, 11) is 0. The molecule has 1 heterocycles. The molecule has 0 amide bonds. The quantitative estimate of drug-likeness (QED) is 0.657. The highest BCUT2D eigenvalue weighted by Gasteiger charge is 2.12. The van der Waals surface area contributed by atoms with Gasteiger partial charge in [0.1, 0.15) is 17.4 Å². The van der Waals surface area contributed by atoms with Crippen LogP contribution >= 0.6 is 11.6 Å². The van der Waals surface area contributed by atoms with Gasteiger partial charge in [-0.05, 0) is 19.1 Å². The summed E-state index contributed by atoms with van der Waals surface area (Å²) in [5.74, 6) is 1.06. The number of nitrogens with zero attached hydrogens (tertiary/aromatic N) is 2. The standard InChI is InChI=1S/C12H11ClN4O/c1-7-16-6-8(11(14)15)12(17-7)18-10-5-3-2-4-9(10)13/h2-6H,1H3,(H3,14,15). The number of rotatable bonds is 3. The van der Waals surface area contributed by atoms with Crippen LogP contribution < -0.4 is 10.5 Å². The van der Waals surface area contributed by atoms with Crippen molar-refractivity contribution < 1.29 is 4.74 Å². The number of nitrogens with one attached hydrogen (secondary N) is 1. The van der Waals surface area contributed by atoms with Crippen LogP contribution in [0.15, 0.2) is 30.5 Å². The fourth-order valence-corrected chi connectivity index (χ4v) is 1.52. The van der Waals surface area contributed by atoms with Crippen molar-refractivity contribution in [3.8, 4) is 11.6 Å². The Balaban J connectivity index is 2.42. The van der Waals surface area contributed by atoms with Gasteiger partial charge in [-0.3, -0.25) is 5.41 Å². The molecule has 1 aromatic carbocycles. The van der Waals surface area contributed by atoms with Crippen molar-refractivity contribution in [1.29, 1.82) is 5.41 Å². The second kappa shape index (κ2) is 5.01. The molecule has 92 valence electrons. The molecule has 0 aliphatic heterocycles. The number of benzene rings is 1. The topological polar surface area (TPSA) is 84.9 Å². The maximum absolute atomic E-state index is 7.45. The highest BCUT2D eigenvalue weighted by Crippen LogP contribution is 2.29. The third kappa shape index (κ3) is 2.57. The summed E-state index contributed by atoms with van der Waals surface area (Å²) in [5.41, 5.74) is 5.78. The van der Waals surface area contributed by atoms with Crippen LogP contribution in [0.4, 0.5) is 0 Å². The van der Waals surface area contributed by atoms with Gasteiger partial charge in [-0.25, -0.2) is 4.98 Å². The van der Waals surface area contributed by atoms with E-state index in [1.165, 1.54) is 6.20 Å². The van der Waals surface area contributed by atoms with Crippen molar-refractivity contribution in [1.82, 2.24) is 9.97 Å². The summed E-state index contributed by atoms with van der Waals surface area (Å²) in [6, 6.07) is 7.01. The zero-order chi connectivity index (χ0) is 13.1. The molecule has 18 heavy (non-hydrogen) atoms. The Bertz CT molecular complexity index is 600. The van der Waals surface area contributed by atoms with Crippen LogP contribution in [-0.2, 0) is 0 Å². The Morgan fingerprint density at radius 1 is 1.39 bits per heavy atom. The smallest absolute Gasteiger partial charge is 0.233 e. The van der Waals surface area contributed by atoms with Gasteiger partial charge in [-0.1, -0.05) is 23.7 Å². The minimum absolute atomic E-state index is 0.156. The van der Waals surface area contributed by atoms with Gasteiger partial charge < -0.3 is 10.5 Å². The lowest BCUT2D eigenvalue weighted by Crippen LogP contribution is -2.14. The van der Waals surface area contributed by atoms with E-state index >= 15 is 0 Å². The zero-order valence-electron chi connectivity index (χ0n) is 9.64. The maximum Gasteiger partial charge on any atom is 0.233 e. The third-order valence-electron chi connectivity index (χ3n) is 2.21. The highest BCUT2D eigenvalue weighted by molar-refractivity contribution is 6.32. The Kier molecular flexibility index (Phi) is 3.43. The van der Waals surface area contributed by atoms with Crippen LogP contribution in [0.2, 0.25) is 5.02 Å². The minimum atomic E-state index is -0.156. The van der Waals surface area contributed by atoms with Gasteiger partial charge in [-0.15, -0.1) is 0 Å². The number of hydrogen-bond acceptors (Lipinski definition) is 4. The molecule has 0 saturated carbocycles. The highest BCUT2D eigenvalue weighted by atomic mass is 35.5. The van der Waals surface area contributed by atoms with E-state index in [9.17, 15) is 0 Å². The van der Waals surface area contributed by atoms with Crippen molar-refractivity contribution in [3.63, 3.8) is 0 Å². The average Bonchev–Trinajstić information content (AvgIpc) is 2.32. The van der Waals surface area contributed by atoms with E-state index in [1.807, 2.05) is 0 Å². The molecule has 0 fully saturated rings. The molecule has 0 saturated heterocycles. The number of aryl methyl sites for hydroxylation is 1. The number of amidine groups is 1. The summed E-state index contributed by atoms with van der Waals surface area (Å²) in [5, 5.41) is 7.91. The van der Waals surface area contributed by atoms with E-state index in [0.717, 1.165) is 0 Å². The maximum atomic E-state index is 7.45. The first kappa shape index (κ1) is 12.3. The lowest BCUT2D eigenvalue weighted by molar-refractivity contribution is 0.458. The lowest BCUT2D eigenvalue weighted by atomic mass is 10.3. The van der Waals surface area contributed by atoms with Crippen molar-refractivity contribution in [2.45, 2.75) is 6.92 Å². The number of aromatic nitrogens is 2. The normalized spacial score (nSPS) is 10.1. The molecule has 0 atom stereocenters. The molecule has 0 spiro atoms. The molecular formula is C12H11ClN4O. The Labute approximate surface area is 109 Å². The summed E-state index contributed by atoms with van der Waals surface area (Å²) in [4.78, 5) is 8.10. The number of nitrogens with two attached hydrogens (primary N) is 1. The zero-order valence-corrected chi connectivity index (χ0v) is 10.4. The Morgan fingerprint density at radius 3 is 2.78 bits per heavy atom. The first-order chi connectivity index (χ1) is 8.58. The third-order valence-corrected chi connectivity index (χ3v) is 2.52. The number of hydrogen-bond donors (Lipinski definition) is 2. The lowest BCUT2D eigenvalue weighted by Gasteiger charge is -2.10. The van der Waals surface area contributed by atoms with Crippen molar-refractivity contribution in [3.05, 3.63) is 46.9 Å². The number of para-hydroxylation sites is 1. The Morgan fingerprint density at radius 2 is 2.11 bits per heavy atom. The van der Waals surface area contributed by atoms with Crippen LogP contribution in [0, 0.1) is 12.3 Å². The fourth-order valence-electron chi connectivity index (χ4n) is 1.34. The second-order valence-corrected chi connectivity index (χ2v) is 3.99. The molecule has 5 nitrogen and oxygen atoms in total. The van der Waals surface area contributed by atoms with Gasteiger partial charge in [-0.2, -0.15) is 4.98 Å². The SMILES string of the molecule is Cc1ncc(C(=N)N)c(Oc2ccccc2Cl)n1. The van der Waals surface area contributed by atoms with E-state index in [2.05, 4.69) is 9.97 Å². The fraction of sp³-hybridized carbons (Fsp3) is 0.0833. The van der Waals surface area contributed by atoms with Gasteiger partial charge in [0, 0.05) is 6.20 Å². The van der Waals surface area contributed by atoms with Gasteiger partial charge in [0.15, 0.2) is 0 Å². The van der Waals surface area contributed by atoms with Gasteiger partial charge >= 0.3 is 0 Å². The molecule has 0 aliphatic rings. The molecule has 1 aromatic heterocycles. The monoisotopic (exact) mass is 262 g/mol. The molecule has 0 aliphatic carbocycles. The van der Waals surface area contributed by atoms with E-state index < -0.39 is 0 Å². The molecule has 3 N–H and O–H groups in total. The van der Waals surface area contributed by atoms with Gasteiger partial charge in [0.05, 0.1) is 10.6 Å². The number of nitrogen functional groups attached to an aromatic ring is 1. The van der Waals surface area contributed by atoms with E-state index in [0.29, 0.717) is 22.2 Å². The van der Waals surface area contributed by atoms with Crippen molar-refractivity contribution in [2.75, 3.05) is 0 Å². The van der Waals surface area contributed by atoms with E-state index in [4.69, 9.17) is 27.5 Å². The summed E-state index contributed by atoms with van der Waals surface area (Å²) >= 11 is 5.99.